The van der Waals surface area contributed by atoms with Gasteiger partial charge >= 0.3 is 0 Å². The van der Waals surface area contributed by atoms with Crippen LogP contribution in [0.4, 0.5) is 11.4 Å². The van der Waals surface area contributed by atoms with Gasteiger partial charge in [-0.2, -0.15) is 8.42 Å². The molecule has 39 heavy (non-hydrogen) atoms. The van der Waals surface area contributed by atoms with E-state index in [4.69, 9.17) is 0 Å². The van der Waals surface area contributed by atoms with Crippen LogP contribution in [-0.2, 0) is 21.3 Å². The number of carbonyl (C=O) groups is 1. The molecule has 0 saturated carbocycles. The van der Waals surface area contributed by atoms with Crippen LogP contribution in [0.25, 0.3) is 10.8 Å². The normalized spacial score (nSPS) is 14.8. The van der Waals surface area contributed by atoms with Crippen LogP contribution in [-0.4, -0.2) is 41.0 Å². The second-order valence-electron chi connectivity index (χ2n) is 10.2. The van der Waals surface area contributed by atoms with Gasteiger partial charge in [0, 0.05) is 42.8 Å². The molecule has 0 aliphatic carbocycles. The second kappa shape index (κ2) is 11.9. The van der Waals surface area contributed by atoms with Crippen molar-refractivity contribution in [3.05, 3.63) is 109 Å². The number of hydrogen-bond donors (Lipinski definition) is 1. The third-order valence-electron chi connectivity index (χ3n) is 7.37. The van der Waals surface area contributed by atoms with Gasteiger partial charge in [-0.05, 0) is 48.9 Å². The van der Waals surface area contributed by atoms with Gasteiger partial charge in [-0.25, -0.2) is 4.58 Å². The number of rotatable bonds is 10. The average Bonchev–Trinajstić information content (AvgIpc) is 3.33. The summed E-state index contributed by atoms with van der Waals surface area (Å²) in [5.74, 6) is -0.540. The monoisotopic (exact) mass is 543 g/mol. The summed E-state index contributed by atoms with van der Waals surface area (Å²) >= 11 is 0. The summed E-state index contributed by atoms with van der Waals surface area (Å²) in [6.07, 6.45) is 14.1. The standard InChI is InChI=1S/C32H34N2O4S/c1-25(35)34(28-15-8-6-9-16-28)22-12-5-4-7-14-27(32(2,3)39(36,37)38)20-23-33-24-21-30-29-17-11-10-13-26(29)18-19-31(30)33/h4-19,22,24,27H,20-21,23H2,1-3H3/p+1/b5-4+,14-7+,22-12+. The minimum atomic E-state index is -4.30. The summed E-state index contributed by atoms with van der Waals surface area (Å²) in [5.41, 5.74) is 3.19. The zero-order valence-corrected chi connectivity index (χ0v) is 23.4. The Morgan fingerprint density at radius 3 is 2.41 bits per heavy atom. The minimum Gasteiger partial charge on any atom is -0.288 e. The molecule has 0 saturated heterocycles. The zero-order valence-electron chi connectivity index (χ0n) is 22.6. The average molecular weight is 544 g/mol. The Kier molecular flexibility index (Phi) is 8.63. The van der Waals surface area contributed by atoms with Gasteiger partial charge in [-0.3, -0.25) is 14.2 Å². The lowest BCUT2D eigenvalue weighted by atomic mass is 9.90. The predicted molar refractivity (Wildman–Crippen MR) is 159 cm³/mol. The first-order valence-corrected chi connectivity index (χ1v) is 14.5. The molecule has 4 rings (SSSR count). The number of nitrogens with zero attached hydrogens (tertiary/aromatic N) is 2. The lowest BCUT2D eigenvalue weighted by Gasteiger charge is -2.28. The Hall–Kier alpha value is -3.81. The number of benzene rings is 3. The topological polar surface area (TPSA) is 77.7 Å². The van der Waals surface area contributed by atoms with E-state index < -0.39 is 20.8 Å². The van der Waals surface area contributed by atoms with Gasteiger partial charge in [0.05, 0.1) is 11.2 Å². The molecular formula is C32H35N2O4S+. The Balaban J connectivity index is 1.48. The molecule has 1 heterocycles. The first-order valence-electron chi connectivity index (χ1n) is 13.0. The van der Waals surface area contributed by atoms with Gasteiger partial charge < -0.3 is 0 Å². The van der Waals surface area contributed by atoms with Crippen LogP contribution in [0.3, 0.4) is 0 Å². The Morgan fingerprint density at radius 2 is 1.69 bits per heavy atom. The highest BCUT2D eigenvalue weighted by Gasteiger charge is 2.40. The molecule has 1 aliphatic rings. The fourth-order valence-corrected chi connectivity index (χ4v) is 5.47. The molecule has 1 atom stereocenters. The number of carbonyl (C=O) groups excluding carboxylic acids is 1. The summed E-state index contributed by atoms with van der Waals surface area (Å²) in [5, 5.41) is 2.44. The largest absolute Gasteiger partial charge is 0.288 e. The number of allylic oxidation sites excluding steroid dienone is 5. The summed E-state index contributed by atoms with van der Waals surface area (Å²) in [6, 6.07) is 21.9. The highest BCUT2D eigenvalue weighted by molar-refractivity contribution is 7.87. The lowest BCUT2D eigenvalue weighted by Crippen LogP contribution is -2.39. The fraction of sp³-hybridized carbons (Fsp3) is 0.250. The smallest absolute Gasteiger partial charge is 0.270 e. The molecule has 1 amide bonds. The number of amides is 1. The fourth-order valence-electron chi connectivity index (χ4n) is 4.89. The van der Waals surface area contributed by atoms with E-state index >= 15 is 0 Å². The van der Waals surface area contributed by atoms with Crippen LogP contribution in [0.1, 0.15) is 32.8 Å². The molecule has 6 nitrogen and oxygen atoms in total. The van der Waals surface area contributed by atoms with Crippen molar-refractivity contribution in [2.45, 2.75) is 38.4 Å². The molecule has 0 bridgehead atoms. The van der Waals surface area contributed by atoms with Crippen LogP contribution >= 0.6 is 0 Å². The van der Waals surface area contributed by atoms with Gasteiger partial charge in [-0.1, -0.05) is 66.8 Å². The van der Waals surface area contributed by atoms with Crippen molar-refractivity contribution in [2.75, 3.05) is 11.4 Å². The molecule has 0 aromatic heterocycles. The lowest BCUT2D eigenvalue weighted by molar-refractivity contribution is -0.434. The highest BCUT2D eigenvalue weighted by Crippen LogP contribution is 2.34. The van der Waals surface area contributed by atoms with Gasteiger partial charge in [0.2, 0.25) is 11.6 Å². The van der Waals surface area contributed by atoms with Gasteiger partial charge in [0.25, 0.3) is 10.1 Å². The van der Waals surface area contributed by atoms with Gasteiger partial charge in [-0.15, -0.1) is 0 Å². The Labute approximate surface area is 231 Å². The number of fused-ring (bicyclic) bond motifs is 3. The molecule has 1 N–H and O–H groups in total. The minimum absolute atomic E-state index is 0.107. The van der Waals surface area contributed by atoms with E-state index in [1.165, 1.54) is 23.3 Å². The molecule has 1 aliphatic heterocycles. The highest BCUT2D eigenvalue weighted by atomic mass is 32.2. The first-order chi connectivity index (χ1) is 18.6. The van der Waals surface area contributed by atoms with Crippen molar-refractivity contribution >= 4 is 44.4 Å². The van der Waals surface area contributed by atoms with E-state index in [1.807, 2.05) is 48.5 Å². The van der Waals surface area contributed by atoms with Crippen molar-refractivity contribution in [2.24, 2.45) is 5.92 Å². The molecule has 0 radical (unpaired) electrons. The summed E-state index contributed by atoms with van der Waals surface area (Å²) in [6.45, 7) is 5.23. The Bertz CT molecular complexity index is 1570. The van der Waals surface area contributed by atoms with E-state index in [-0.39, 0.29) is 5.91 Å². The molecule has 0 fully saturated rings. The molecule has 202 valence electrons. The van der Waals surface area contributed by atoms with Crippen LogP contribution in [0.15, 0.2) is 103 Å². The van der Waals surface area contributed by atoms with E-state index in [0.717, 1.165) is 17.8 Å². The number of para-hydroxylation sites is 1. The maximum absolute atomic E-state index is 12.3. The van der Waals surface area contributed by atoms with Crippen molar-refractivity contribution in [1.29, 1.82) is 0 Å². The molecular weight excluding hydrogens is 508 g/mol. The van der Waals surface area contributed by atoms with Crippen LogP contribution in [0.5, 0.6) is 0 Å². The summed E-state index contributed by atoms with van der Waals surface area (Å²) in [7, 11) is -4.30. The number of anilines is 1. The van der Waals surface area contributed by atoms with Crippen LogP contribution in [0, 0.1) is 5.92 Å². The quantitative estimate of drug-likeness (QED) is 0.181. The zero-order chi connectivity index (χ0) is 28.0. The van der Waals surface area contributed by atoms with Crippen molar-refractivity contribution in [3.8, 4) is 0 Å². The molecule has 0 spiro atoms. The third-order valence-corrected chi connectivity index (χ3v) is 9.00. The first kappa shape index (κ1) is 28.2. The maximum atomic E-state index is 12.3. The molecule has 3 aromatic carbocycles. The van der Waals surface area contributed by atoms with E-state index in [9.17, 15) is 17.8 Å². The summed E-state index contributed by atoms with van der Waals surface area (Å²) in [4.78, 5) is 13.6. The Morgan fingerprint density at radius 1 is 1.00 bits per heavy atom. The van der Waals surface area contributed by atoms with Gasteiger partial charge in [0.1, 0.15) is 12.8 Å². The predicted octanol–water partition coefficient (Wildman–Crippen LogP) is 6.46. The van der Waals surface area contributed by atoms with Crippen molar-refractivity contribution in [3.63, 3.8) is 0 Å². The van der Waals surface area contributed by atoms with Crippen molar-refractivity contribution < 1.29 is 22.3 Å². The third kappa shape index (κ3) is 6.44. The van der Waals surface area contributed by atoms with Crippen molar-refractivity contribution in [1.82, 2.24) is 0 Å². The maximum Gasteiger partial charge on any atom is 0.270 e. The molecule has 1 unspecified atom stereocenters. The molecule has 3 aromatic rings. The SMILES string of the molecule is CC(=O)N(/C=C/C=C/C=C/C(CC[N+]1=CCc2c1ccc1ccccc21)C(C)(C)S(=O)(=O)O)c1ccccc1. The second-order valence-corrected chi connectivity index (χ2v) is 12.2. The van der Waals surface area contributed by atoms with E-state index in [1.54, 1.807) is 49.3 Å². The molecule has 7 heteroatoms. The van der Waals surface area contributed by atoms with E-state index in [2.05, 4.69) is 35.1 Å². The van der Waals surface area contributed by atoms with E-state index in [0.29, 0.717) is 13.0 Å². The van der Waals surface area contributed by atoms with Gasteiger partial charge in [0.15, 0.2) is 0 Å². The number of hydrogen-bond acceptors (Lipinski definition) is 3. The summed E-state index contributed by atoms with van der Waals surface area (Å²) < 4.78 is 35.4. The van der Waals surface area contributed by atoms with Crippen LogP contribution < -0.4 is 4.90 Å². The van der Waals surface area contributed by atoms with Crippen LogP contribution in [0.2, 0.25) is 0 Å².